The highest BCUT2D eigenvalue weighted by Crippen LogP contribution is 2.42. The number of rotatable bonds is 11. The molecule has 0 nitrogen and oxygen atoms in total. The van der Waals surface area contributed by atoms with Crippen LogP contribution in [0.15, 0.2) is 36.4 Å². The second kappa shape index (κ2) is 10.4. The molecule has 1 aliphatic rings. The van der Waals surface area contributed by atoms with E-state index in [1.165, 1.54) is 72.7 Å². The first-order valence-electron chi connectivity index (χ1n) is 12.8. The molecule has 1 aliphatic heterocycles. The molecular weight excluding hydrogens is 441 g/mol. The van der Waals surface area contributed by atoms with Gasteiger partial charge < -0.3 is 0 Å². The number of hydrogen-bond acceptors (Lipinski definition) is 2. The van der Waals surface area contributed by atoms with Crippen LogP contribution in [-0.2, 0) is 0 Å². The zero-order chi connectivity index (χ0) is 22.7. The molecule has 0 saturated carbocycles. The fourth-order valence-corrected chi connectivity index (χ4v) is 15.0. The van der Waals surface area contributed by atoms with Gasteiger partial charge in [0.05, 0.1) is 0 Å². The van der Waals surface area contributed by atoms with Gasteiger partial charge in [-0.05, 0) is 60.4 Å². The smallest absolute Gasteiger partial charge is 0.140 e. The molecule has 0 aliphatic carbocycles. The lowest BCUT2D eigenvalue weighted by Crippen LogP contribution is -2.65. The average Bonchev–Trinajstić information content (AvgIpc) is 3.41. The van der Waals surface area contributed by atoms with Crippen LogP contribution in [0, 0.1) is 26.7 Å². The quantitative estimate of drug-likeness (QED) is 0.193. The first-order chi connectivity index (χ1) is 15.5. The van der Waals surface area contributed by atoms with Crippen LogP contribution in [0.1, 0.15) is 80.5 Å². The molecule has 0 fully saturated rings. The van der Waals surface area contributed by atoms with E-state index in [4.69, 9.17) is 0 Å². The molecule has 0 radical (unpaired) electrons. The molecule has 0 bridgehead atoms. The Morgan fingerprint density at radius 1 is 0.719 bits per heavy atom. The van der Waals surface area contributed by atoms with Gasteiger partial charge in [-0.25, -0.2) is 0 Å². The molecule has 1 atom stereocenters. The molecule has 3 heteroatoms. The van der Waals surface area contributed by atoms with Crippen molar-refractivity contribution in [1.29, 1.82) is 0 Å². The lowest BCUT2D eigenvalue weighted by Gasteiger charge is -2.33. The number of fused-ring (bicyclic) bond motifs is 3. The van der Waals surface area contributed by atoms with Crippen molar-refractivity contribution in [3.8, 4) is 9.75 Å². The van der Waals surface area contributed by atoms with Gasteiger partial charge in [0.1, 0.15) is 0 Å². The third-order valence-corrected chi connectivity index (χ3v) is 15.2. The molecule has 3 aromatic rings. The van der Waals surface area contributed by atoms with Crippen molar-refractivity contribution in [2.75, 3.05) is 0 Å². The van der Waals surface area contributed by atoms with Gasteiger partial charge in [-0.1, -0.05) is 95.0 Å². The van der Waals surface area contributed by atoms with E-state index in [1.807, 2.05) is 22.7 Å². The van der Waals surface area contributed by atoms with Crippen LogP contribution in [0.25, 0.3) is 9.75 Å². The molecular formula is C29H40S2Si. The third-order valence-electron chi connectivity index (χ3n) is 7.41. The minimum Gasteiger partial charge on any atom is -0.140 e. The van der Waals surface area contributed by atoms with Gasteiger partial charge in [-0.15, -0.1) is 22.7 Å². The van der Waals surface area contributed by atoms with Crippen LogP contribution in [0.2, 0.25) is 6.04 Å². The molecule has 0 amide bonds. The van der Waals surface area contributed by atoms with E-state index >= 15 is 0 Å². The van der Waals surface area contributed by atoms with Crippen molar-refractivity contribution in [2.45, 2.75) is 92.0 Å². The Hall–Kier alpha value is -1.16. The summed E-state index contributed by atoms with van der Waals surface area (Å²) < 4.78 is 0. The van der Waals surface area contributed by atoms with Crippen LogP contribution in [0.5, 0.6) is 0 Å². The highest BCUT2D eigenvalue weighted by atomic mass is 32.1. The predicted molar refractivity (Wildman–Crippen MR) is 150 cm³/mol. The normalized spacial score (nSPS) is 15.0. The Balaban J connectivity index is 1.81. The van der Waals surface area contributed by atoms with Gasteiger partial charge >= 0.3 is 0 Å². The molecule has 32 heavy (non-hydrogen) atoms. The van der Waals surface area contributed by atoms with Crippen molar-refractivity contribution in [2.24, 2.45) is 5.92 Å². The first-order valence-corrected chi connectivity index (χ1v) is 16.6. The molecule has 1 aromatic carbocycles. The zero-order valence-corrected chi connectivity index (χ0v) is 23.4. The van der Waals surface area contributed by atoms with E-state index < -0.39 is 8.07 Å². The van der Waals surface area contributed by atoms with Gasteiger partial charge in [-0.3, -0.25) is 0 Å². The second-order valence-electron chi connectivity index (χ2n) is 10.0. The molecule has 3 heterocycles. The maximum Gasteiger partial charge on any atom is 0.152 e. The van der Waals surface area contributed by atoms with E-state index in [0.717, 1.165) is 5.92 Å². The summed E-state index contributed by atoms with van der Waals surface area (Å²) >= 11 is 4.10. The van der Waals surface area contributed by atoms with Gasteiger partial charge in [-0.2, -0.15) is 0 Å². The summed E-state index contributed by atoms with van der Waals surface area (Å²) in [5.41, 5.74) is 1.38. The molecule has 2 aromatic heterocycles. The highest BCUT2D eigenvalue weighted by molar-refractivity contribution is 7.31. The zero-order valence-electron chi connectivity index (χ0n) is 20.7. The Kier molecular flexibility index (Phi) is 7.79. The first kappa shape index (κ1) is 24.0. The largest absolute Gasteiger partial charge is 0.152 e. The fourth-order valence-electron chi connectivity index (χ4n) is 5.77. The number of hydrogen-bond donors (Lipinski definition) is 0. The number of benzene rings is 1. The molecule has 1 unspecified atom stereocenters. The minimum absolute atomic E-state index is 0.846. The SMILES string of the molecule is CCCCCCC(CCCC)C[Si]1(c2ccc(C)cc2)c2cc(C)sc2-c2sc(C)cc21. The van der Waals surface area contributed by atoms with E-state index in [-0.39, 0.29) is 0 Å². The van der Waals surface area contributed by atoms with Crippen molar-refractivity contribution >= 4 is 46.3 Å². The van der Waals surface area contributed by atoms with Crippen LogP contribution in [0.4, 0.5) is 0 Å². The monoisotopic (exact) mass is 480 g/mol. The fraction of sp³-hybridized carbons (Fsp3) is 0.517. The molecule has 172 valence electrons. The summed E-state index contributed by atoms with van der Waals surface area (Å²) in [4.78, 5) is 6.21. The number of unbranched alkanes of at least 4 members (excludes halogenated alkanes) is 4. The lowest BCUT2D eigenvalue weighted by molar-refractivity contribution is 0.442. The summed E-state index contributed by atoms with van der Waals surface area (Å²) in [6, 6.07) is 16.3. The average molecular weight is 481 g/mol. The summed E-state index contributed by atoms with van der Waals surface area (Å²) in [5, 5.41) is 5.12. The Labute approximate surface area is 205 Å². The van der Waals surface area contributed by atoms with Gasteiger partial charge in [0.15, 0.2) is 8.07 Å². The van der Waals surface area contributed by atoms with Gasteiger partial charge in [0.2, 0.25) is 0 Å². The minimum atomic E-state index is -1.99. The van der Waals surface area contributed by atoms with Gasteiger partial charge in [0.25, 0.3) is 0 Å². The van der Waals surface area contributed by atoms with Crippen molar-refractivity contribution in [3.05, 3.63) is 51.7 Å². The van der Waals surface area contributed by atoms with E-state index in [0.29, 0.717) is 0 Å². The van der Waals surface area contributed by atoms with Crippen molar-refractivity contribution < 1.29 is 0 Å². The highest BCUT2D eigenvalue weighted by Gasteiger charge is 2.50. The van der Waals surface area contributed by atoms with Crippen molar-refractivity contribution in [3.63, 3.8) is 0 Å². The third kappa shape index (κ3) is 4.58. The molecule has 0 spiro atoms. The van der Waals surface area contributed by atoms with Gasteiger partial charge in [0, 0.05) is 19.5 Å². The standard InChI is InChI=1S/C29H40S2Si/c1-6-8-10-11-13-24(12-9-7-2)20-32(25-16-14-21(3)15-17-25)26-18-22(4)30-28(26)29-27(32)19-23(5)31-29/h14-19,24H,6-13,20H2,1-5H3. The topological polar surface area (TPSA) is 0 Å². The predicted octanol–water partition coefficient (Wildman–Crippen LogP) is 7.96. The molecule has 0 N–H and O–H groups in total. The lowest BCUT2D eigenvalue weighted by atomic mass is 9.97. The maximum atomic E-state index is 2.59. The number of thiophene rings is 2. The molecule has 0 saturated heterocycles. The second-order valence-corrected chi connectivity index (χ2v) is 16.4. The Bertz CT molecular complexity index is 978. The Morgan fingerprint density at radius 3 is 1.84 bits per heavy atom. The van der Waals surface area contributed by atoms with E-state index in [1.54, 1.807) is 25.3 Å². The van der Waals surface area contributed by atoms with Crippen LogP contribution in [-0.4, -0.2) is 8.07 Å². The van der Waals surface area contributed by atoms with E-state index in [2.05, 4.69) is 71.0 Å². The van der Waals surface area contributed by atoms with Crippen LogP contribution in [0.3, 0.4) is 0 Å². The summed E-state index contributed by atoms with van der Waals surface area (Å²) in [5.74, 6) is 0.846. The van der Waals surface area contributed by atoms with Crippen LogP contribution < -0.4 is 15.6 Å². The molecule has 4 rings (SSSR count). The van der Waals surface area contributed by atoms with Crippen molar-refractivity contribution in [1.82, 2.24) is 0 Å². The van der Waals surface area contributed by atoms with E-state index in [9.17, 15) is 0 Å². The summed E-state index contributed by atoms with van der Waals surface area (Å²) in [6.45, 7) is 11.5. The van der Waals surface area contributed by atoms with Crippen LogP contribution >= 0.6 is 22.7 Å². The summed E-state index contributed by atoms with van der Waals surface area (Å²) in [6.07, 6.45) is 11.0. The number of aryl methyl sites for hydroxylation is 3. The summed E-state index contributed by atoms with van der Waals surface area (Å²) in [7, 11) is -1.99. The Morgan fingerprint density at radius 2 is 1.28 bits per heavy atom. The maximum absolute atomic E-state index is 2.59.